The van der Waals surface area contributed by atoms with Crippen molar-refractivity contribution in [3.05, 3.63) is 30.6 Å². The Morgan fingerprint density at radius 2 is 2.26 bits per heavy atom. The lowest BCUT2D eigenvalue weighted by atomic mass is 9.96. The van der Waals surface area contributed by atoms with E-state index in [2.05, 4.69) is 32.8 Å². The highest BCUT2D eigenvalue weighted by Crippen LogP contribution is 2.22. The molecule has 2 atom stereocenters. The number of benzene rings is 1. The van der Waals surface area contributed by atoms with Crippen LogP contribution in [-0.2, 0) is 11.3 Å². The molecule has 1 aromatic heterocycles. The van der Waals surface area contributed by atoms with Gasteiger partial charge in [0.05, 0.1) is 17.4 Å². The molecule has 1 aliphatic rings. The third-order valence-corrected chi connectivity index (χ3v) is 5.48. The van der Waals surface area contributed by atoms with Crippen molar-refractivity contribution in [2.75, 3.05) is 25.1 Å². The minimum absolute atomic E-state index is 0.123. The predicted molar refractivity (Wildman–Crippen MR) is 96.6 cm³/mol. The van der Waals surface area contributed by atoms with Gasteiger partial charge in [-0.3, -0.25) is 4.79 Å². The molecule has 0 saturated carbocycles. The van der Waals surface area contributed by atoms with E-state index < -0.39 is 0 Å². The number of nitrogens with zero attached hydrogens (tertiary/aromatic N) is 3. The van der Waals surface area contributed by atoms with Crippen LogP contribution in [0.1, 0.15) is 19.8 Å². The lowest BCUT2D eigenvalue weighted by Gasteiger charge is -2.34. The van der Waals surface area contributed by atoms with Gasteiger partial charge in [0.2, 0.25) is 5.91 Å². The molecule has 2 heterocycles. The van der Waals surface area contributed by atoms with Crippen molar-refractivity contribution in [2.24, 2.45) is 11.8 Å². The summed E-state index contributed by atoms with van der Waals surface area (Å²) in [5.41, 5.74) is 2.23. The predicted octanol–water partition coefficient (Wildman–Crippen LogP) is 3.27. The normalized spacial score (nSPS) is 19.9. The van der Waals surface area contributed by atoms with E-state index in [1.807, 2.05) is 25.4 Å². The number of hydrogen-bond donors (Lipinski definition) is 0. The third kappa shape index (κ3) is 3.71. The summed E-state index contributed by atoms with van der Waals surface area (Å²) in [4.78, 5) is 19.1. The molecular formula is C18H25N3OS. The van der Waals surface area contributed by atoms with Gasteiger partial charge in [0.25, 0.3) is 0 Å². The lowest BCUT2D eigenvalue weighted by Crippen LogP contribution is -2.43. The quantitative estimate of drug-likeness (QED) is 0.844. The molecule has 0 N–H and O–H groups in total. The number of fused-ring (bicyclic) bond motifs is 1. The number of piperidine rings is 1. The summed E-state index contributed by atoms with van der Waals surface area (Å²) in [6, 6.07) is 8.25. The van der Waals surface area contributed by atoms with Crippen molar-refractivity contribution in [2.45, 2.75) is 26.3 Å². The van der Waals surface area contributed by atoms with Crippen LogP contribution in [0.2, 0.25) is 0 Å². The largest absolute Gasteiger partial charge is 0.342 e. The molecule has 1 fully saturated rings. The Bertz CT molecular complexity index is 669. The Balaban J connectivity index is 1.66. The van der Waals surface area contributed by atoms with Crippen molar-refractivity contribution in [3.8, 4) is 0 Å². The van der Waals surface area contributed by atoms with Crippen LogP contribution in [-0.4, -0.2) is 45.5 Å². The molecule has 1 aliphatic heterocycles. The third-order valence-electron chi connectivity index (χ3n) is 4.65. The van der Waals surface area contributed by atoms with Crippen LogP contribution in [0.4, 0.5) is 0 Å². The molecule has 0 bridgehead atoms. The van der Waals surface area contributed by atoms with E-state index in [0.717, 1.165) is 37.3 Å². The van der Waals surface area contributed by atoms with Crippen LogP contribution in [0.15, 0.2) is 30.6 Å². The lowest BCUT2D eigenvalue weighted by molar-refractivity contribution is -0.136. The molecule has 1 aromatic carbocycles. The SMILES string of the molecule is CSCC(C)C(=O)N1CCCC(Cn2cnc3ccccc32)C1. The van der Waals surface area contributed by atoms with E-state index in [0.29, 0.717) is 11.8 Å². The molecule has 0 spiro atoms. The monoisotopic (exact) mass is 331 g/mol. The molecule has 2 aromatic rings. The molecule has 23 heavy (non-hydrogen) atoms. The van der Waals surface area contributed by atoms with Gasteiger partial charge in [-0.15, -0.1) is 0 Å². The van der Waals surface area contributed by atoms with Crippen LogP contribution < -0.4 is 0 Å². The minimum atomic E-state index is 0.123. The van der Waals surface area contributed by atoms with Crippen molar-refractivity contribution < 1.29 is 4.79 Å². The number of rotatable bonds is 5. The Hall–Kier alpha value is -1.49. The summed E-state index contributed by atoms with van der Waals surface area (Å²) in [6.45, 7) is 4.79. The summed E-state index contributed by atoms with van der Waals surface area (Å²) < 4.78 is 2.24. The minimum Gasteiger partial charge on any atom is -0.342 e. The van der Waals surface area contributed by atoms with Crippen molar-refractivity contribution in [1.29, 1.82) is 0 Å². The highest BCUT2D eigenvalue weighted by Gasteiger charge is 2.26. The Labute approximate surface area is 142 Å². The van der Waals surface area contributed by atoms with Crippen LogP contribution >= 0.6 is 11.8 Å². The topological polar surface area (TPSA) is 38.1 Å². The molecule has 5 heteroatoms. The zero-order valence-corrected chi connectivity index (χ0v) is 14.8. The highest BCUT2D eigenvalue weighted by atomic mass is 32.2. The number of hydrogen-bond acceptors (Lipinski definition) is 3. The maximum Gasteiger partial charge on any atom is 0.226 e. The highest BCUT2D eigenvalue weighted by molar-refractivity contribution is 7.98. The number of imidazole rings is 1. The second-order valence-corrected chi connectivity index (χ2v) is 7.45. The molecule has 4 nitrogen and oxygen atoms in total. The molecular weight excluding hydrogens is 306 g/mol. The first-order valence-corrected chi connectivity index (χ1v) is 9.76. The van der Waals surface area contributed by atoms with E-state index in [4.69, 9.17) is 0 Å². The van der Waals surface area contributed by atoms with E-state index >= 15 is 0 Å². The molecule has 2 unspecified atom stereocenters. The van der Waals surface area contributed by atoms with Crippen molar-refractivity contribution in [3.63, 3.8) is 0 Å². The summed E-state index contributed by atoms with van der Waals surface area (Å²) in [5, 5.41) is 0. The maximum atomic E-state index is 12.5. The Kier molecular flexibility index (Phi) is 5.26. The van der Waals surface area contributed by atoms with Crippen LogP contribution in [0, 0.1) is 11.8 Å². The summed E-state index contributed by atoms with van der Waals surface area (Å²) in [5.74, 6) is 1.87. The Morgan fingerprint density at radius 3 is 3.09 bits per heavy atom. The standard InChI is InChI=1S/C18H25N3OS/c1-14(12-23-2)18(22)20-9-5-6-15(10-20)11-21-13-19-16-7-3-4-8-17(16)21/h3-4,7-8,13-15H,5-6,9-12H2,1-2H3. The number of aromatic nitrogens is 2. The maximum absolute atomic E-state index is 12.5. The van der Waals surface area contributed by atoms with Gasteiger partial charge in [-0.1, -0.05) is 19.1 Å². The number of carbonyl (C=O) groups excluding carboxylic acids is 1. The molecule has 0 aliphatic carbocycles. The number of amides is 1. The molecule has 3 rings (SSSR count). The number of para-hydroxylation sites is 2. The van der Waals surface area contributed by atoms with Gasteiger partial charge >= 0.3 is 0 Å². The number of likely N-dealkylation sites (tertiary alicyclic amines) is 1. The van der Waals surface area contributed by atoms with Gasteiger partial charge < -0.3 is 9.47 Å². The van der Waals surface area contributed by atoms with E-state index in [-0.39, 0.29) is 5.92 Å². The van der Waals surface area contributed by atoms with Gasteiger partial charge in [-0.25, -0.2) is 4.98 Å². The Morgan fingerprint density at radius 1 is 1.43 bits per heavy atom. The summed E-state index contributed by atoms with van der Waals surface area (Å²) in [6.07, 6.45) is 6.29. The first-order chi connectivity index (χ1) is 11.2. The van der Waals surface area contributed by atoms with Crippen LogP contribution in [0.3, 0.4) is 0 Å². The fourth-order valence-corrected chi connectivity index (χ4v) is 4.12. The number of thioether (sulfide) groups is 1. The van der Waals surface area contributed by atoms with E-state index in [9.17, 15) is 4.79 Å². The smallest absolute Gasteiger partial charge is 0.226 e. The average Bonchev–Trinajstić information content (AvgIpc) is 2.98. The summed E-state index contributed by atoms with van der Waals surface area (Å²) in [7, 11) is 0. The fourth-order valence-electron chi connectivity index (χ4n) is 3.48. The number of carbonyl (C=O) groups is 1. The van der Waals surface area contributed by atoms with Gasteiger partial charge in [0.15, 0.2) is 0 Å². The zero-order chi connectivity index (χ0) is 16.2. The second kappa shape index (κ2) is 7.39. The van der Waals surface area contributed by atoms with E-state index in [1.165, 1.54) is 11.9 Å². The molecule has 1 amide bonds. The molecule has 0 radical (unpaired) electrons. The van der Waals surface area contributed by atoms with Crippen LogP contribution in [0.25, 0.3) is 11.0 Å². The first-order valence-electron chi connectivity index (χ1n) is 8.36. The molecule has 124 valence electrons. The van der Waals surface area contributed by atoms with E-state index in [1.54, 1.807) is 11.8 Å². The summed E-state index contributed by atoms with van der Waals surface area (Å²) >= 11 is 1.75. The van der Waals surface area contributed by atoms with Crippen molar-refractivity contribution in [1.82, 2.24) is 14.5 Å². The van der Waals surface area contributed by atoms with Gasteiger partial charge in [-0.05, 0) is 37.1 Å². The molecule has 1 saturated heterocycles. The average molecular weight is 331 g/mol. The van der Waals surface area contributed by atoms with Gasteiger partial charge in [-0.2, -0.15) is 11.8 Å². The first kappa shape index (κ1) is 16.4. The van der Waals surface area contributed by atoms with Gasteiger partial charge in [0, 0.05) is 31.3 Å². The van der Waals surface area contributed by atoms with Crippen molar-refractivity contribution >= 4 is 28.7 Å². The fraction of sp³-hybridized carbons (Fsp3) is 0.556. The van der Waals surface area contributed by atoms with Gasteiger partial charge in [0.1, 0.15) is 0 Å². The van der Waals surface area contributed by atoms with Crippen LogP contribution in [0.5, 0.6) is 0 Å². The zero-order valence-electron chi connectivity index (χ0n) is 13.9. The second-order valence-electron chi connectivity index (χ2n) is 6.53.